The molecule has 204 valence electrons. The van der Waals surface area contributed by atoms with Gasteiger partial charge in [-0.15, -0.1) is 0 Å². The minimum absolute atomic E-state index is 0.0231. The first-order chi connectivity index (χ1) is 16.8. The Morgan fingerprint density at radius 2 is 1.75 bits per heavy atom. The van der Waals surface area contributed by atoms with Crippen LogP contribution in [0.1, 0.15) is 91.9 Å². The van der Waals surface area contributed by atoms with Crippen LogP contribution < -0.4 is 5.32 Å². The fraction of sp³-hybridized carbons (Fsp3) is 0.897. The van der Waals surface area contributed by atoms with Crippen LogP contribution in [0.4, 0.5) is 0 Å². The van der Waals surface area contributed by atoms with Gasteiger partial charge in [-0.3, -0.25) is 14.4 Å². The third kappa shape index (κ3) is 4.94. The van der Waals surface area contributed by atoms with E-state index < -0.39 is 9.84 Å². The van der Waals surface area contributed by atoms with E-state index in [1.165, 1.54) is 6.26 Å². The van der Waals surface area contributed by atoms with Crippen molar-refractivity contribution in [2.75, 3.05) is 18.6 Å². The summed E-state index contributed by atoms with van der Waals surface area (Å²) in [5.74, 6) is 2.75. The molecule has 4 fully saturated rings. The second kappa shape index (κ2) is 10.1. The lowest BCUT2D eigenvalue weighted by atomic mass is 9.42. The highest BCUT2D eigenvalue weighted by molar-refractivity contribution is 7.90. The zero-order valence-electron chi connectivity index (χ0n) is 23.0. The van der Waals surface area contributed by atoms with Crippen molar-refractivity contribution in [2.45, 2.75) is 91.9 Å². The third-order valence-corrected chi connectivity index (χ3v) is 12.3. The number of ketones is 2. The van der Waals surface area contributed by atoms with Crippen LogP contribution in [-0.2, 0) is 24.2 Å². The van der Waals surface area contributed by atoms with Gasteiger partial charge in [-0.25, -0.2) is 8.42 Å². The van der Waals surface area contributed by atoms with Gasteiger partial charge in [0.2, 0.25) is 5.91 Å². The molecule has 0 bridgehead atoms. The highest BCUT2D eigenvalue weighted by atomic mass is 32.2. The van der Waals surface area contributed by atoms with Crippen LogP contribution in [0.15, 0.2) is 0 Å². The Kier molecular flexibility index (Phi) is 7.83. The van der Waals surface area contributed by atoms with Crippen LogP contribution in [-0.4, -0.2) is 44.4 Å². The lowest BCUT2D eigenvalue weighted by molar-refractivity contribution is -0.169. The number of amides is 1. The number of carbonyl (C=O) groups is 3. The molecule has 6 nitrogen and oxygen atoms in total. The van der Waals surface area contributed by atoms with Crippen LogP contribution in [0, 0.1) is 52.3 Å². The Labute approximate surface area is 218 Å². The molecule has 4 saturated carbocycles. The van der Waals surface area contributed by atoms with E-state index in [2.05, 4.69) is 33.0 Å². The van der Waals surface area contributed by atoms with Crippen molar-refractivity contribution in [1.29, 1.82) is 0 Å². The number of hydrogen-bond donors (Lipinski definition) is 1. The molecule has 0 aromatic rings. The number of Topliss-reactive ketones (excluding diaryl/α,β-unsaturated/α-hetero) is 2. The molecule has 0 aromatic heterocycles. The van der Waals surface area contributed by atoms with Crippen LogP contribution in [0.25, 0.3) is 0 Å². The number of nitrogens with one attached hydrogen (secondary N) is 1. The molecule has 4 aliphatic carbocycles. The van der Waals surface area contributed by atoms with E-state index in [4.69, 9.17) is 0 Å². The van der Waals surface area contributed by atoms with Crippen molar-refractivity contribution in [3.63, 3.8) is 0 Å². The van der Waals surface area contributed by atoms with E-state index >= 15 is 0 Å². The summed E-state index contributed by atoms with van der Waals surface area (Å²) in [5.41, 5.74) is 0.219. The van der Waals surface area contributed by atoms with Gasteiger partial charge in [-0.05, 0) is 85.4 Å². The molecule has 36 heavy (non-hydrogen) atoms. The summed E-state index contributed by atoms with van der Waals surface area (Å²) in [7, 11) is -3.08. The van der Waals surface area contributed by atoms with Gasteiger partial charge in [0.05, 0.1) is 5.75 Å². The average Bonchev–Trinajstić information content (AvgIpc) is 3.15. The van der Waals surface area contributed by atoms with E-state index in [0.29, 0.717) is 54.5 Å². The zero-order valence-corrected chi connectivity index (χ0v) is 23.8. The van der Waals surface area contributed by atoms with Gasteiger partial charge in [0.25, 0.3) is 0 Å². The molecule has 9 atom stereocenters. The van der Waals surface area contributed by atoms with Crippen molar-refractivity contribution in [2.24, 2.45) is 52.3 Å². The quantitative estimate of drug-likeness (QED) is 0.503. The van der Waals surface area contributed by atoms with Gasteiger partial charge in [-0.2, -0.15) is 0 Å². The SMILES string of the molecule is CC[C@H]1C(=O)C2C(CC[C@@]3(C)C2CC[C@@H]3[C@H](C)CCC(=O)NCCS(C)(=O)=O)[C@@]2(C)CCC(=O)CC12. The number of rotatable bonds is 8. The van der Waals surface area contributed by atoms with E-state index in [-0.39, 0.29) is 46.8 Å². The summed E-state index contributed by atoms with van der Waals surface area (Å²) in [5, 5.41) is 2.75. The third-order valence-electron chi connectivity index (χ3n) is 11.4. The Morgan fingerprint density at radius 1 is 1.06 bits per heavy atom. The normalized spacial score (nSPS) is 41.2. The van der Waals surface area contributed by atoms with E-state index in [1.54, 1.807) is 0 Å². The van der Waals surface area contributed by atoms with Crippen LogP contribution >= 0.6 is 0 Å². The van der Waals surface area contributed by atoms with Crippen molar-refractivity contribution < 1.29 is 22.8 Å². The number of hydrogen-bond acceptors (Lipinski definition) is 5. The average molecular weight is 522 g/mol. The molecule has 7 heteroatoms. The van der Waals surface area contributed by atoms with Crippen LogP contribution in [0.2, 0.25) is 0 Å². The molecule has 4 unspecified atom stereocenters. The van der Waals surface area contributed by atoms with Gasteiger partial charge in [0.1, 0.15) is 21.4 Å². The maximum absolute atomic E-state index is 14.0. The summed E-state index contributed by atoms with van der Waals surface area (Å²) in [6.45, 7) is 9.38. The number of fused-ring (bicyclic) bond motifs is 5. The standard InChI is InChI=1S/C29H47NO5S/c1-6-20-24-17-19(31)11-13-29(24,4)23-12-14-28(3)21(8-9-22(28)26(23)27(20)33)18(2)7-10-25(32)30-15-16-36(5,34)35/h18,20-24,26H,6-17H2,1-5H3,(H,30,32)/t18-,20-,21-,22?,23?,24?,26?,28-,29-/m1/s1. The van der Waals surface area contributed by atoms with Gasteiger partial charge >= 0.3 is 0 Å². The molecule has 4 rings (SSSR count). The molecule has 0 radical (unpaired) electrons. The van der Waals surface area contributed by atoms with E-state index in [0.717, 1.165) is 44.9 Å². The van der Waals surface area contributed by atoms with Crippen molar-refractivity contribution in [3.05, 3.63) is 0 Å². The first kappa shape index (κ1) is 27.8. The fourth-order valence-electron chi connectivity index (χ4n) is 9.44. The summed E-state index contributed by atoms with van der Waals surface area (Å²) < 4.78 is 22.6. The van der Waals surface area contributed by atoms with Crippen molar-refractivity contribution in [1.82, 2.24) is 5.32 Å². The maximum Gasteiger partial charge on any atom is 0.220 e. The lowest BCUT2D eigenvalue weighted by Crippen LogP contribution is -2.60. The molecular weight excluding hydrogens is 474 g/mol. The van der Waals surface area contributed by atoms with Crippen molar-refractivity contribution in [3.8, 4) is 0 Å². The van der Waals surface area contributed by atoms with E-state index in [9.17, 15) is 22.8 Å². The lowest BCUT2D eigenvalue weighted by Gasteiger charge is -2.61. The monoisotopic (exact) mass is 521 g/mol. The minimum atomic E-state index is -3.08. The fourth-order valence-corrected chi connectivity index (χ4v) is 9.92. The Balaban J connectivity index is 1.45. The minimum Gasteiger partial charge on any atom is -0.355 e. The molecular formula is C29H47NO5S. The molecule has 0 aromatic carbocycles. The second-order valence-electron chi connectivity index (χ2n) is 13.2. The molecule has 0 saturated heterocycles. The molecule has 0 spiro atoms. The Bertz CT molecular complexity index is 992. The van der Waals surface area contributed by atoms with Crippen LogP contribution in [0.3, 0.4) is 0 Å². The topological polar surface area (TPSA) is 97.4 Å². The van der Waals surface area contributed by atoms with Crippen molar-refractivity contribution >= 4 is 27.3 Å². The highest BCUT2D eigenvalue weighted by Crippen LogP contribution is 2.68. The highest BCUT2D eigenvalue weighted by Gasteiger charge is 2.65. The second-order valence-corrected chi connectivity index (χ2v) is 15.5. The summed E-state index contributed by atoms with van der Waals surface area (Å²) in [6, 6.07) is 0. The zero-order chi connectivity index (χ0) is 26.5. The number of carbonyl (C=O) groups excluding carboxylic acids is 3. The molecule has 0 heterocycles. The van der Waals surface area contributed by atoms with Gasteiger partial charge in [0.15, 0.2) is 0 Å². The largest absolute Gasteiger partial charge is 0.355 e. The molecule has 0 aliphatic heterocycles. The first-order valence-corrected chi connectivity index (χ1v) is 16.4. The van der Waals surface area contributed by atoms with Crippen LogP contribution in [0.5, 0.6) is 0 Å². The summed E-state index contributed by atoms with van der Waals surface area (Å²) in [4.78, 5) is 38.7. The predicted octanol–water partition coefficient (Wildman–Crippen LogP) is 4.61. The summed E-state index contributed by atoms with van der Waals surface area (Å²) >= 11 is 0. The smallest absolute Gasteiger partial charge is 0.220 e. The van der Waals surface area contributed by atoms with Gasteiger partial charge in [-0.1, -0.05) is 27.7 Å². The van der Waals surface area contributed by atoms with Gasteiger partial charge < -0.3 is 5.32 Å². The van der Waals surface area contributed by atoms with E-state index in [1.807, 2.05) is 0 Å². The maximum atomic E-state index is 14.0. The predicted molar refractivity (Wildman–Crippen MR) is 141 cm³/mol. The number of sulfone groups is 1. The summed E-state index contributed by atoms with van der Waals surface area (Å²) in [6.07, 6.45) is 9.86. The molecule has 1 N–H and O–H groups in total. The Morgan fingerprint density at radius 3 is 2.42 bits per heavy atom. The first-order valence-electron chi connectivity index (χ1n) is 14.3. The molecule has 4 aliphatic rings. The molecule has 1 amide bonds. The Hall–Kier alpha value is -1.24. The van der Waals surface area contributed by atoms with Gasteiger partial charge in [0, 0.05) is 43.9 Å².